The number of anilines is 2. The molecule has 0 bridgehead atoms. The molecule has 0 unspecified atom stereocenters. The summed E-state index contributed by atoms with van der Waals surface area (Å²) in [5.74, 6) is 0.909. The lowest BCUT2D eigenvalue weighted by atomic mass is 9.85. The number of rotatable bonds is 5. The Morgan fingerprint density at radius 2 is 1.89 bits per heavy atom. The Labute approximate surface area is 115 Å². The molecule has 0 saturated heterocycles. The van der Waals surface area contributed by atoms with E-state index in [1.165, 1.54) is 19.3 Å². The fourth-order valence-electron chi connectivity index (χ4n) is 2.36. The van der Waals surface area contributed by atoms with Crippen molar-refractivity contribution in [1.82, 2.24) is 4.90 Å². The third-order valence-electron chi connectivity index (χ3n) is 3.85. The van der Waals surface area contributed by atoms with E-state index in [9.17, 15) is 4.79 Å². The predicted octanol–water partition coefficient (Wildman–Crippen LogP) is 1.96. The Balaban J connectivity index is 1.85. The molecule has 1 amide bonds. The zero-order valence-corrected chi connectivity index (χ0v) is 11.8. The van der Waals surface area contributed by atoms with Crippen LogP contribution in [-0.2, 0) is 4.79 Å². The Hall–Kier alpha value is -1.55. The Kier molecular flexibility index (Phi) is 4.43. The van der Waals surface area contributed by atoms with E-state index >= 15 is 0 Å². The zero-order valence-electron chi connectivity index (χ0n) is 11.8. The molecule has 4 heteroatoms. The molecule has 0 heterocycles. The molecule has 1 saturated carbocycles. The molecule has 2 N–H and O–H groups in total. The minimum absolute atomic E-state index is 0.117. The average molecular weight is 261 g/mol. The Morgan fingerprint density at radius 3 is 2.42 bits per heavy atom. The van der Waals surface area contributed by atoms with Crippen molar-refractivity contribution in [3.63, 3.8) is 0 Å². The second kappa shape index (κ2) is 6.06. The van der Waals surface area contributed by atoms with Gasteiger partial charge < -0.3 is 10.6 Å². The monoisotopic (exact) mass is 261 g/mol. The van der Waals surface area contributed by atoms with Gasteiger partial charge in [0.1, 0.15) is 0 Å². The molecule has 104 valence electrons. The minimum Gasteiger partial charge on any atom is -0.399 e. The molecule has 4 nitrogen and oxygen atoms in total. The lowest BCUT2D eigenvalue weighted by molar-refractivity contribution is -0.119. The summed E-state index contributed by atoms with van der Waals surface area (Å²) in [4.78, 5) is 16.0. The van der Waals surface area contributed by atoms with E-state index in [0.717, 1.165) is 18.2 Å². The van der Waals surface area contributed by atoms with E-state index in [-0.39, 0.29) is 5.91 Å². The van der Waals surface area contributed by atoms with Crippen molar-refractivity contribution in [2.45, 2.75) is 19.3 Å². The number of hydrogen-bond donors (Lipinski definition) is 1. The molecule has 1 fully saturated rings. The van der Waals surface area contributed by atoms with Crippen molar-refractivity contribution in [3.05, 3.63) is 24.3 Å². The fraction of sp³-hybridized carbons (Fsp3) is 0.533. The lowest BCUT2D eigenvalue weighted by Crippen LogP contribution is -2.39. The van der Waals surface area contributed by atoms with E-state index in [2.05, 4.69) is 4.90 Å². The maximum Gasteiger partial charge on any atom is 0.240 e. The summed E-state index contributed by atoms with van der Waals surface area (Å²) in [6.07, 6.45) is 3.97. The van der Waals surface area contributed by atoms with Crippen molar-refractivity contribution in [3.8, 4) is 0 Å². The topological polar surface area (TPSA) is 49.6 Å². The van der Waals surface area contributed by atoms with Crippen LogP contribution in [0, 0.1) is 5.92 Å². The SMILES string of the molecule is CN(CC(=O)N(C)c1ccc(N)cc1)CC1CCC1. The number of nitrogen functional groups attached to an aromatic ring is 1. The first-order valence-electron chi connectivity index (χ1n) is 6.87. The normalized spacial score (nSPS) is 15.3. The minimum atomic E-state index is 0.117. The standard InChI is InChI=1S/C15H23N3O/c1-17(10-12-4-3-5-12)11-15(19)18(2)14-8-6-13(16)7-9-14/h6-9,12H,3-5,10-11,16H2,1-2H3. The zero-order chi connectivity index (χ0) is 13.8. The molecule has 0 radical (unpaired) electrons. The average Bonchev–Trinajstić information content (AvgIpc) is 2.34. The second-order valence-electron chi connectivity index (χ2n) is 5.54. The smallest absolute Gasteiger partial charge is 0.240 e. The van der Waals surface area contributed by atoms with Crippen LogP contribution >= 0.6 is 0 Å². The molecular formula is C15H23N3O. The van der Waals surface area contributed by atoms with E-state index < -0.39 is 0 Å². The van der Waals surface area contributed by atoms with Crippen molar-refractivity contribution in [2.75, 3.05) is 37.8 Å². The van der Waals surface area contributed by atoms with Crippen LogP contribution in [0.1, 0.15) is 19.3 Å². The Bertz CT molecular complexity index is 426. The van der Waals surface area contributed by atoms with Crippen molar-refractivity contribution >= 4 is 17.3 Å². The highest BCUT2D eigenvalue weighted by molar-refractivity contribution is 5.94. The van der Waals surface area contributed by atoms with Crippen LogP contribution in [0.4, 0.5) is 11.4 Å². The third kappa shape index (κ3) is 3.70. The van der Waals surface area contributed by atoms with Crippen molar-refractivity contribution in [2.24, 2.45) is 5.92 Å². The summed E-state index contributed by atoms with van der Waals surface area (Å²) in [6.45, 7) is 1.50. The summed E-state index contributed by atoms with van der Waals surface area (Å²) >= 11 is 0. The van der Waals surface area contributed by atoms with Crippen LogP contribution in [0.5, 0.6) is 0 Å². The maximum absolute atomic E-state index is 12.2. The van der Waals surface area contributed by atoms with Gasteiger partial charge in [-0.05, 0) is 50.1 Å². The molecule has 0 aliphatic heterocycles. The van der Waals surface area contributed by atoms with Gasteiger partial charge in [0.2, 0.25) is 5.91 Å². The lowest BCUT2D eigenvalue weighted by Gasteiger charge is -2.30. The van der Waals surface area contributed by atoms with Gasteiger partial charge in [0.05, 0.1) is 6.54 Å². The van der Waals surface area contributed by atoms with Gasteiger partial charge in [-0.25, -0.2) is 0 Å². The van der Waals surface area contributed by atoms with Gasteiger partial charge in [0, 0.05) is 25.0 Å². The van der Waals surface area contributed by atoms with E-state index in [1.807, 2.05) is 38.4 Å². The summed E-state index contributed by atoms with van der Waals surface area (Å²) in [5.41, 5.74) is 7.25. The summed E-state index contributed by atoms with van der Waals surface area (Å²) < 4.78 is 0. The molecule has 0 atom stereocenters. The predicted molar refractivity (Wildman–Crippen MR) is 79.1 cm³/mol. The second-order valence-corrected chi connectivity index (χ2v) is 5.54. The summed E-state index contributed by atoms with van der Waals surface area (Å²) in [6, 6.07) is 7.38. The number of benzene rings is 1. The summed E-state index contributed by atoms with van der Waals surface area (Å²) in [5, 5.41) is 0. The number of hydrogen-bond acceptors (Lipinski definition) is 3. The molecule has 1 aliphatic carbocycles. The molecule has 19 heavy (non-hydrogen) atoms. The maximum atomic E-state index is 12.2. The third-order valence-corrected chi connectivity index (χ3v) is 3.85. The van der Waals surface area contributed by atoms with Crippen LogP contribution in [-0.4, -0.2) is 38.0 Å². The van der Waals surface area contributed by atoms with Crippen molar-refractivity contribution < 1.29 is 4.79 Å². The van der Waals surface area contributed by atoms with Crippen LogP contribution in [0.25, 0.3) is 0 Å². The van der Waals surface area contributed by atoms with Gasteiger partial charge in [0.15, 0.2) is 0 Å². The summed E-state index contributed by atoms with van der Waals surface area (Å²) in [7, 11) is 3.83. The molecule has 0 spiro atoms. The van der Waals surface area contributed by atoms with E-state index in [4.69, 9.17) is 5.73 Å². The van der Waals surface area contributed by atoms with Crippen LogP contribution in [0.2, 0.25) is 0 Å². The van der Waals surface area contributed by atoms with Gasteiger partial charge in [-0.1, -0.05) is 6.42 Å². The van der Waals surface area contributed by atoms with E-state index in [1.54, 1.807) is 4.90 Å². The van der Waals surface area contributed by atoms with Crippen LogP contribution < -0.4 is 10.6 Å². The number of likely N-dealkylation sites (N-methyl/N-ethyl adjacent to an activating group) is 2. The molecule has 0 aromatic heterocycles. The Morgan fingerprint density at radius 1 is 1.26 bits per heavy atom. The van der Waals surface area contributed by atoms with Crippen LogP contribution in [0.3, 0.4) is 0 Å². The number of carbonyl (C=O) groups excluding carboxylic acids is 1. The highest BCUT2D eigenvalue weighted by atomic mass is 16.2. The first-order chi connectivity index (χ1) is 9.06. The quantitative estimate of drug-likeness (QED) is 0.824. The molecule has 1 aliphatic rings. The molecule has 1 aromatic rings. The largest absolute Gasteiger partial charge is 0.399 e. The van der Waals surface area contributed by atoms with Gasteiger partial charge in [0.25, 0.3) is 0 Å². The van der Waals surface area contributed by atoms with Crippen molar-refractivity contribution in [1.29, 1.82) is 0 Å². The number of nitrogens with two attached hydrogens (primary N) is 1. The first-order valence-corrected chi connectivity index (χ1v) is 6.87. The molecule has 1 aromatic carbocycles. The number of carbonyl (C=O) groups is 1. The highest BCUT2D eigenvalue weighted by Crippen LogP contribution is 2.26. The fourth-order valence-corrected chi connectivity index (χ4v) is 2.36. The van der Waals surface area contributed by atoms with E-state index in [0.29, 0.717) is 12.2 Å². The van der Waals surface area contributed by atoms with Gasteiger partial charge in [-0.2, -0.15) is 0 Å². The first kappa shape index (κ1) is 13.9. The number of nitrogens with zero attached hydrogens (tertiary/aromatic N) is 2. The van der Waals surface area contributed by atoms with Gasteiger partial charge in [-0.3, -0.25) is 9.69 Å². The number of amides is 1. The van der Waals surface area contributed by atoms with Gasteiger partial charge in [-0.15, -0.1) is 0 Å². The molecular weight excluding hydrogens is 238 g/mol. The highest BCUT2D eigenvalue weighted by Gasteiger charge is 2.21. The van der Waals surface area contributed by atoms with Gasteiger partial charge >= 0.3 is 0 Å². The molecule has 2 rings (SSSR count). The van der Waals surface area contributed by atoms with Crippen LogP contribution in [0.15, 0.2) is 24.3 Å².